The Morgan fingerprint density at radius 1 is 1.26 bits per heavy atom. The van der Waals surface area contributed by atoms with Crippen LogP contribution in [0.1, 0.15) is 39.0 Å². The van der Waals surface area contributed by atoms with Gasteiger partial charge in [0, 0.05) is 0 Å². The van der Waals surface area contributed by atoms with Crippen molar-refractivity contribution in [1.29, 1.82) is 0 Å². The molecule has 2 rings (SSSR count). The van der Waals surface area contributed by atoms with Crippen molar-refractivity contribution in [2.45, 2.75) is 50.9 Å². The number of halogens is 4. The van der Waals surface area contributed by atoms with E-state index in [-0.39, 0.29) is 11.8 Å². The van der Waals surface area contributed by atoms with E-state index in [1.54, 1.807) is 0 Å². The summed E-state index contributed by atoms with van der Waals surface area (Å²) in [6.45, 7) is 1.89. The van der Waals surface area contributed by atoms with E-state index in [2.05, 4.69) is 0 Å². The molecule has 2 saturated carbocycles. The van der Waals surface area contributed by atoms with Crippen LogP contribution in [0.15, 0.2) is 0 Å². The molecule has 19 heavy (non-hydrogen) atoms. The van der Waals surface area contributed by atoms with Gasteiger partial charge in [0.2, 0.25) is 0 Å². The van der Waals surface area contributed by atoms with Gasteiger partial charge in [-0.15, -0.1) is 6.42 Å². The van der Waals surface area contributed by atoms with Crippen molar-refractivity contribution in [2.24, 2.45) is 5.41 Å². The first-order valence-corrected chi connectivity index (χ1v) is 5.31. The molecule has 0 heterocycles. The van der Waals surface area contributed by atoms with Crippen molar-refractivity contribution in [3.8, 4) is 0 Å². The number of hydrogen-bond donors (Lipinski definition) is 1. The SMILES string of the molecule is CC12CC[C-](C1)C(F)(C[C-](O)C(F)(F)F)C2.[Rf].[Rf].[Rf]. The number of alkyl halides is 4. The second-order valence-electron chi connectivity index (χ2n) is 5.35. The summed E-state index contributed by atoms with van der Waals surface area (Å²) in [5.41, 5.74) is -2.14. The molecule has 0 radical (unpaired) electrons. The molecule has 1 N–H and O–H groups in total. The monoisotopic (exact) mass is 1040 g/mol. The van der Waals surface area contributed by atoms with Crippen molar-refractivity contribution >= 4 is 0 Å². The fourth-order valence-corrected chi connectivity index (χ4v) is 3.03. The summed E-state index contributed by atoms with van der Waals surface area (Å²) < 4.78 is 50.8. The second kappa shape index (κ2) is 4.17. The van der Waals surface area contributed by atoms with Crippen LogP contribution in [0.25, 0.3) is 0 Å². The van der Waals surface area contributed by atoms with Crippen LogP contribution >= 0.6 is 0 Å². The van der Waals surface area contributed by atoms with Gasteiger partial charge in [0.15, 0.2) is 0 Å². The van der Waals surface area contributed by atoms with E-state index in [4.69, 9.17) is 5.11 Å². The Bertz CT molecular complexity index is 302. The van der Waals surface area contributed by atoms with Crippen LogP contribution in [-0.2, 0) is 0 Å². The van der Waals surface area contributed by atoms with Gasteiger partial charge in [0.1, 0.15) is 0 Å². The van der Waals surface area contributed by atoms with Crippen LogP contribution in [0.4, 0.5) is 17.6 Å². The molecule has 8 heteroatoms. The Morgan fingerprint density at radius 2 is 1.79 bits per heavy atom. The summed E-state index contributed by atoms with van der Waals surface area (Å²) in [5.74, 6) is 0.547. The molecule has 0 saturated heterocycles. The molecule has 0 spiro atoms. The third-order valence-corrected chi connectivity index (χ3v) is 3.79. The molecule has 2 bridgehead atoms. The smallest absolute Gasteiger partial charge is 0.294 e. The Kier molecular flexibility index (Phi) is 3.96. The Labute approximate surface area is 91.8 Å². The van der Waals surface area contributed by atoms with E-state index >= 15 is 0 Å². The third kappa shape index (κ3) is 2.51. The van der Waals surface area contributed by atoms with Crippen LogP contribution in [0.3, 0.4) is 0 Å². The number of aliphatic hydroxyl groups excluding tert-OH is 1. The predicted octanol–water partition coefficient (Wildman–Crippen LogP) is 3.72. The molecule has 2 aliphatic carbocycles. The topological polar surface area (TPSA) is 20.2 Å². The van der Waals surface area contributed by atoms with Gasteiger partial charge in [0.25, 0.3) is 6.18 Å². The Hall–Kier alpha value is -3.32. The van der Waals surface area contributed by atoms with E-state index < -0.39 is 24.4 Å². The Balaban J connectivity index is 0. The molecule has 100 valence electrons. The molecule has 2 atom stereocenters. The zero-order valence-corrected chi connectivity index (χ0v) is 30.3. The molecule has 0 aromatic rings. The summed E-state index contributed by atoms with van der Waals surface area (Å²) in [5, 5.41) is 8.86. The fraction of sp³-hybridized carbons (Fsp3) is 0.818. The van der Waals surface area contributed by atoms with Crippen LogP contribution in [-0.4, -0.2) is 17.0 Å². The minimum absolute atomic E-state index is 0. The van der Waals surface area contributed by atoms with Gasteiger partial charge in [-0.1, -0.05) is 24.9 Å². The van der Waals surface area contributed by atoms with E-state index in [0.29, 0.717) is 18.8 Å². The van der Waals surface area contributed by atoms with Gasteiger partial charge < -0.3 is 5.11 Å². The number of aliphatic hydroxyl groups is 1. The average molecular weight is 1040 g/mol. The van der Waals surface area contributed by atoms with Crippen molar-refractivity contribution < 1.29 is 22.7 Å². The standard InChI is InChI=1S/C11H14F4O.3Rf/c1-9-3-2-7(4-9)10(12,6-9)5-8(16)11(13,14)15;;;/h16H,2-6H2,1H3;;;/q-2;;;. The maximum absolute atomic E-state index is 14.3. The van der Waals surface area contributed by atoms with Gasteiger partial charge in [-0.3, -0.25) is 10.3 Å². The summed E-state index contributed by atoms with van der Waals surface area (Å²) in [4.78, 5) is 0. The van der Waals surface area contributed by atoms with Crippen LogP contribution in [0.5, 0.6) is 0 Å². The van der Waals surface area contributed by atoms with Crippen LogP contribution < -0.4 is 0 Å². The molecule has 2 aliphatic rings. The van der Waals surface area contributed by atoms with E-state index in [0.717, 1.165) is 6.42 Å². The first-order valence-electron chi connectivity index (χ1n) is 5.31. The molecular weight excluding hydrogens is 1030 g/mol. The summed E-state index contributed by atoms with van der Waals surface area (Å²) in [6, 6.07) is 0. The predicted molar refractivity (Wildman–Crippen MR) is 49.5 cm³/mol. The zero-order chi connectivity index (χ0) is 12.2. The van der Waals surface area contributed by atoms with Crippen molar-refractivity contribution in [3.63, 3.8) is 0 Å². The molecule has 0 amide bonds. The van der Waals surface area contributed by atoms with Crippen molar-refractivity contribution in [2.75, 3.05) is 0 Å². The van der Waals surface area contributed by atoms with Gasteiger partial charge in [-0.2, -0.15) is 12.8 Å². The molecule has 2 unspecified atom stereocenters. The van der Waals surface area contributed by atoms with Gasteiger partial charge in [-0.25, -0.2) is 13.2 Å². The van der Waals surface area contributed by atoms with E-state index in [9.17, 15) is 17.6 Å². The number of rotatable bonds is 2. The molecule has 0 aromatic carbocycles. The minimum Gasteiger partial charge on any atom is -0.554 e. The van der Waals surface area contributed by atoms with Gasteiger partial charge >= 0.3 is 0 Å². The molecule has 2 fully saturated rings. The largest absolute Gasteiger partial charge is 0.554 e. The maximum atomic E-state index is 14.3. The average Bonchev–Trinajstić information content (AvgIpc) is 2.54. The number of hydrogen-bond acceptors (Lipinski definition) is 1. The quantitative estimate of drug-likeness (QED) is 0.331. The molecule has 0 aliphatic heterocycles. The fourth-order valence-electron chi connectivity index (χ4n) is 3.03. The first kappa shape index (κ1) is 18.1. The summed E-state index contributed by atoms with van der Waals surface area (Å²) in [6.07, 6.45) is -5.34. The summed E-state index contributed by atoms with van der Waals surface area (Å²) >= 11 is 0. The van der Waals surface area contributed by atoms with Crippen molar-refractivity contribution in [1.82, 2.24) is 0 Å². The van der Waals surface area contributed by atoms with Gasteiger partial charge in [-0.05, 0) is 12.1 Å². The first-order chi connectivity index (χ1) is 7.15. The van der Waals surface area contributed by atoms with E-state index in [1.807, 2.05) is 6.92 Å². The van der Waals surface area contributed by atoms with E-state index in [1.165, 1.54) is 0 Å². The summed E-state index contributed by atoms with van der Waals surface area (Å²) in [7, 11) is 0. The third-order valence-electron chi connectivity index (χ3n) is 3.79. The second-order valence-corrected chi connectivity index (χ2v) is 5.35. The number of fused-ring (bicyclic) bond motifs is 2. The Morgan fingerprint density at radius 3 is 2.11 bits per heavy atom. The van der Waals surface area contributed by atoms with Crippen LogP contribution in [0.2, 0.25) is 0 Å². The van der Waals surface area contributed by atoms with Gasteiger partial charge in [0.05, 0.1) is 0 Å². The van der Waals surface area contributed by atoms with Crippen molar-refractivity contribution in [3.05, 3.63) is 12.0 Å². The molecule has 0 aromatic heterocycles. The minimum atomic E-state index is -4.80. The normalized spacial score (nSPS) is 33.6. The molecule has 1 nitrogen and oxygen atoms in total. The maximum Gasteiger partial charge on any atom is 0.294 e. The zero-order valence-electron chi connectivity index (χ0n) is 11.1. The molecular formula is C11H14F4ORf3-2. The van der Waals surface area contributed by atoms with Crippen LogP contribution in [0, 0.1) is 17.4 Å².